The lowest BCUT2D eigenvalue weighted by molar-refractivity contribution is -0.151. The van der Waals surface area contributed by atoms with Gasteiger partial charge in [0.05, 0.1) is 36.7 Å². The molecule has 4 rings (SSSR count). The number of hydrogen-bond donors (Lipinski definition) is 3. The van der Waals surface area contributed by atoms with Gasteiger partial charge in [-0.3, -0.25) is 14.4 Å². The second kappa shape index (κ2) is 12.0. The Hall–Kier alpha value is -2.65. The Labute approximate surface area is 257 Å². The molecular weight excluding hydrogens is 546 g/mol. The van der Waals surface area contributed by atoms with Gasteiger partial charge in [0.25, 0.3) is 0 Å². The smallest absolute Gasteiger partial charge is 0.246 e. The maximum Gasteiger partial charge on any atom is 0.246 e. The van der Waals surface area contributed by atoms with Crippen LogP contribution in [0, 0.1) is 23.2 Å². The average Bonchev–Trinajstić information content (AvgIpc) is 3.50. The summed E-state index contributed by atoms with van der Waals surface area (Å²) in [5.74, 6) is -1.57. The molecule has 3 N–H and O–H groups in total. The Kier molecular flexibility index (Phi) is 9.30. The number of nitrogens with zero attached hydrogens (tertiary/aromatic N) is 1. The Morgan fingerprint density at radius 1 is 1.09 bits per heavy atom. The summed E-state index contributed by atoms with van der Waals surface area (Å²) in [4.78, 5) is 44.6. The van der Waals surface area contributed by atoms with Gasteiger partial charge in [-0.25, -0.2) is 0 Å². The molecule has 2 unspecified atom stereocenters. The number of ether oxygens (including phenoxy) is 2. The van der Waals surface area contributed by atoms with Crippen LogP contribution in [0.25, 0.3) is 0 Å². The Morgan fingerprint density at radius 3 is 2.28 bits per heavy atom. The zero-order chi connectivity index (χ0) is 32.0. The van der Waals surface area contributed by atoms with E-state index in [0.29, 0.717) is 43.7 Å². The number of likely N-dealkylation sites (tertiary alicyclic amines) is 1. The minimum atomic E-state index is -1.15. The summed E-state index contributed by atoms with van der Waals surface area (Å²) in [6, 6.07) is 5.65. The largest absolute Gasteiger partial charge is 0.494 e. The van der Waals surface area contributed by atoms with E-state index < -0.39 is 40.7 Å². The fraction of sp³-hybridized carbons (Fsp3) is 0.735. The van der Waals surface area contributed by atoms with Crippen molar-refractivity contribution in [3.63, 3.8) is 0 Å². The number of hydrogen-bond acceptors (Lipinski definition) is 6. The van der Waals surface area contributed by atoms with E-state index in [2.05, 4.69) is 31.4 Å². The van der Waals surface area contributed by atoms with Crippen molar-refractivity contribution in [3.05, 3.63) is 24.3 Å². The van der Waals surface area contributed by atoms with Crippen LogP contribution < -0.4 is 15.4 Å². The van der Waals surface area contributed by atoms with E-state index in [-0.39, 0.29) is 35.7 Å². The quantitative estimate of drug-likeness (QED) is 0.314. The molecule has 1 aromatic carbocycles. The van der Waals surface area contributed by atoms with Gasteiger partial charge in [0.1, 0.15) is 17.4 Å². The summed E-state index contributed by atoms with van der Waals surface area (Å²) >= 11 is 0. The van der Waals surface area contributed by atoms with Gasteiger partial charge in [0.15, 0.2) is 0 Å². The van der Waals surface area contributed by atoms with E-state index in [1.165, 1.54) is 0 Å². The van der Waals surface area contributed by atoms with Crippen LogP contribution >= 0.6 is 0 Å². The Morgan fingerprint density at radius 2 is 1.74 bits per heavy atom. The maximum atomic E-state index is 14.6. The van der Waals surface area contributed by atoms with Crippen molar-refractivity contribution >= 4 is 23.4 Å². The van der Waals surface area contributed by atoms with Crippen molar-refractivity contribution in [3.8, 4) is 5.75 Å². The molecule has 9 nitrogen and oxygen atoms in total. The molecule has 240 valence electrons. The Balaban J connectivity index is 1.74. The van der Waals surface area contributed by atoms with Crippen LogP contribution in [-0.2, 0) is 19.1 Å². The Bertz CT molecular complexity index is 1190. The zero-order valence-corrected chi connectivity index (χ0v) is 27.6. The van der Waals surface area contributed by atoms with Crippen molar-refractivity contribution < 1.29 is 29.0 Å². The molecule has 3 heterocycles. The monoisotopic (exact) mass is 599 g/mol. The molecule has 0 radical (unpaired) electrons. The first-order valence-corrected chi connectivity index (χ1v) is 16.0. The van der Waals surface area contributed by atoms with E-state index in [4.69, 9.17) is 9.47 Å². The number of anilines is 1. The predicted octanol–water partition coefficient (Wildman–Crippen LogP) is 4.92. The van der Waals surface area contributed by atoms with Gasteiger partial charge in [-0.2, -0.15) is 0 Å². The first kappa shape index (κ1) is 33.2. The highest BCUT2D eigenvalue weighted by atomic mass is 16.5. The molecule has 1 aromatic rings. The van der Waals surface area contributed by atoms with Gasteiger partial charge in [0, 0.05) is 11.2 Å². The third-order valence-corrected chi connectivity index (χ3v) is 9.36. The number of rotatable bonds is 12. The SMILES string of the molecule is CCOc1ccc(NC(=O)[C@H]2[C@H]3C(=O)N([C@@H](CO)CC(C)C)C(C(=O)NC(C)(C)CC(C)(C)C)C34CC[C@]2(CC)O4)cc1. The summed E-state index contributed by atoms with van der Waals surface area (Å²) in [5.41, 5.74) is -1.99. The second-order valence-electron chi connectivity index (χ2n) is 15.1. The lowest BCUT2D eigenvalue weighted by Crippen LogP contribution is -2.61. The van der Waals surface area contributed by atoms with Gasteiger partial charge in [-0.15, -0.1) is 0 Å². The number of aliphatic hydroxyl groups excluding tert-OH is 1. The molecule has 3 amide bonds. The molecule has 0 aromatic heterocycles. The van der Waals surface area contributed by atoms with Crippen LogP contribution in [0.15, 0.2) is 24.3 Å². The summed E-state index contributed by atoms with van der Waals surface area (Å²) in [6.07, 6.45) is 2.87. The highest BCUT2D eigenvalue weighted by molar-refractivity contribution is 6.02. The first-order valence-electron chi connectivity index (χ1n) is 16.0. The third kappa shape index (κ3) is 6.30. The second-order valence-corrected chi connectivity index (χ2v) is 15.1. The molecule has 43 heavy (non-hydrogen) atoms. The lowest BCUT2D eigenvalue weighted by atomic mass is 9.65. The lowest BCUT2D eigenvalue weighted by Gasteiger charge is -2.40. The standard InChI is InChI=1S/C34H53N3O6/c1-10-33-16-17-34(43-33)26(25(33)28(39)35-22-12-14-24(15-13-22)42-11-2)30(41)37(23(19-38)18-21(3)4)27(34)29(40)36-32(8,9)20-31(5,6)7/h12-15,21,23,25-27,38H,10-11,16-20H2,1-9H3,(H,35,39)(H,36,40)/t23-,25-,26+,27?,33+,34?/m1/s1. The fourth-order valence-electron chi connectivity index (χ4n) is 8.36. The van der Waals surface area contributed by atoms with Crippen molar-refractivity contribution in [2.24, 2.45) is 23.2 Å². The van der Waals surface area contributed by atoms with Crippen LogP contribution in [0.4, 0.5) is 5.69 Å². The van der Waals surface area contributed by atoms with E-state index in [9.17, 15) is 19.5 Å². The van der Waals surface area contributed by atoms with Crippen molar-refractivity contribution in [1.82, 2.24) is 10.2 Å². The van der Waals surface area contributed by atoms with Crippen LogP contribution in [0.2, 0.25) is 0 Å². The van der Waals surface area contributed by atoms with Crippen LogP contribution in [0.3, 0.4) is 0 Å². The predicted molar refractivity (Wildman–Crippen MR) is 167 cm³/mol. The van der Waals surface area contributed by atoms with Crippen molar-refractivity contribution in [1.29, 1.82) is 0 Å². The summed E-state index contributed by atoms with van der Waals surface area (Å²) in [7, 11) is 0. The maximum absolute atomic E-state index is 14.6. The van der Waals surface area contributed by atoms with Crippen LogP contribution in [0.5, 0.6) is 5.75 Å². The number of carbonyl (C=O) groups is 3. The van der Waals surface area contributed by atoms with E-state index >= 15 is 0 Å². The third-order valence-electron chi connectivity index (χ3n) is 9.36. The highest BCUT2D eigenvalue weighted by Gasteiger charge is 2.79. The molecule has 9 heteroatoms. The van der Waals surface area contributed by atoms with Gasteiger partial charge in [-0.05, 0) is 88.5 Å². The number of amides is 3. The first-order chi connectivity index (χ1) is 20.0. The number of nitrogens with one attached hydrogen (secondary N) is 2. The number of fused-ring (bicyclic) bond motifs is 1. The molecule has 6 atom stereocenters. The molecule has 2 bridgehead atoms. The fourth-order valence-corrected chi connectivity index (χ4v) is 8.36. The van der Waals surface area contributed by atoms with Gasteiger partial charge >= 0.3 is 0 Å². The van der Waals surface area contributed by atoms with E-state index in [1.807, 2.05) is 41.5 Å². The molecule has 1 spiro atoms. The number of carbonyl (C=O) groups excluding carboxylic acids is 3. The van der Waals surface area contributed by atoms with Gasteiger partial charge in [-0.1, -0.05) is 41.5 Å². The average molecular weight is 600 g/mol. The van der Waals surface area contributed by atoms with Gasteiger partial charge < -0.3 is 30.1 Å². The molecule has 3 aliphatic rings. The summed E-state index contributed by atoms with van der Waals surface area (Å²) in [6.45, 7) is 18.6. The molecule has 3 saturated heterocycles. The van der Waals surface area contributed by atoms with Gasteiger partial charge in [0.2, 0.25) is 17.7 Å². The van der Waals surface area contributed by atoms with Crippen LogP contribution in [-0.4, -0.2) is 69.8 Å². The normalized spacial score (nSPS) is 29.1. The van der Waals surface area contributed by atoms with E-state index in [1.54, 1.807) is 29.2 Å². The van der Waals surface area contributed by atoms with Crippen LogP contribution in [0.1, 0.15) is 94.4 Å². The van der Waals surface area contributed by atoms with Crippen molar-refractivity contribution in [2.75, 3.05) is 18.5 Å². The molecule has 3 fully saturated rings. The number of benzene rings is 1. The topological polar surface area (TPSA) is 117 Å². The molecule has 3 aliphatic heterocycles. The summed E-state index contributed by atoms with van der Waals surface area (Å²) in [5, 5.41) is 16.8. The molecule has 0 aliphatic carbocycles. The minimum absolute atomic E-state index is 0.0350. The minimum Gasteiger partial charge on any atom is -0.494 e. The van der Waals surface area contributed by atoms with Crippen molar-refractivity contribution in [2.45, 2.75) is 123 Å². The molecular formula is C34H53N3O6. The zero-order valence-electron chi connectivity index (χ0n) is 27.6. The van der Waals surface area contributed by atoms with E-state index in [0.717, 1.165) is 6.42 Å². The number of aliphatic hydroxyl groups is 1. The molecule has 0 saturated carbocycles. The highest BCUT2D eigenvalue weighted by Crippen LogP contribution is 2.64. The summed E-state index contributed by atoms with van der Waals surface area (Å²) < 4.78 is 12.4.